The van der Waals surface area contributed by atoms with E-state index in [4.69, 9.17) is 0 Å². The van der Waals surface area contributed by atoms with E-state index in [2.05, 4.69) is 25.0 Å². The fraction of sp³-hybridized carbons (Fsp3) is 0.533. The monoisotopic (exact) mass is 281 g/mol. The number of carbonyl (C=O) groups excluding carboxylic acids is 1. The van der Waals surface area contributed by atoms with Gasteiger partial charge in [-0.25, -0.2) is 4.39 Å². The van der Waals surface area contributed by atoms with Crippen molar-refractivity contribution in [2.75, 3.05) is 0 Å². The number of rotatable bonds is 3. The average molecular weight is 281 g/mol. The van der Waals surface area contributed by atoms with Crippen molar-refractivity contribution < 1.29 is 9.18 Å². The number of hydrogen-bond acceptors (Lipinski definition) is 1. The van der Waals surface area contributed by atoms with Crippen LogP contribution in [-0.2, 0) is 6.67 Å². The second-order valence-electron chi connectivity index (χ2n) is 6.93. The molecule has 4 heteroatoms. The van der Waals surface area contributed by atoms with E-state index in [1.54, 1.807) is 18.2 Å². The molecular weight excluding hydrogens is 257 g/mol. The minimum atomic E-state index is -1.78. The van der Waals surface area contributed by atoms with Crippen molar-refractivity contribution in [2.24, 2.45) is 0 Å². The lowest BCUT2D eigenvalue weighted by atomic mass is 10.1. The molecule has 0 saturated carbocycles. The number of hydrogen-bond donors (Lipinski definition) is 1. The Bertz CT molecular complexity index is 472. The first-order valence-electron chi connectivity index (χ1n) is 6.57. The first kappa shape index (κ1) is 15.9. The van der Waals surface area contributed by atoms with Crippen LogP contribution in [-0.4, -0.2) is 19.5 Å². The first-order valence-corrected chi connectivity index (χ1v) is 10.1. The number of halogens is 1. The summed E-state index contributed by atoms with van der Waals surface area (Å²) in [5, 5.41) is 3.89. The number of alkyl halides is 1. The van der Waals surface area contributed by atoms with Gasteiger partial charge in [0, 0.05) is 11.1 Å². The van der Waals surface area contributed by atoms with Gasteiger partial charge in [0.15, 0.2) is 0 Å². The standard InChI is InChI=1S/C15H24FNOSi/c1-15(2,3)17-14(18)12-9-7-8-11(10-16)13(12)19(4,5)6/h7-9H,10H2,1-6H3,(H,17,18). The van der Waals surface area contributed by atoms with Gasteiger partial charge in [-0.3, -0.25) is 4.79 Å². The highest BCUT2D eigenvalue weighted by molar-refractivity contribution is 6.89. The van der Waals surface area contributed by atoms with Crippen LogP contribution in [0.5, 0.6) is 0 Å². The van der Waals surface area contributed by atoms with Gasteiger partial charge in [-0.1, -0.05) is 31.8 Å². The van der Waals surface area contributed by atoms with Gasteiger partial charge in [0.05, 0.1) is 8.07 Å². The van der Waals surface area contributed by atoms with Crippen molar-refractivity contribution in [1.82, 2.24) is 5.32 Å². The van der Waals surface area contributed by atoms with Crippen molar-refractivity contribution in [3.63, 3.8) is 0 Å². The molecule has 106 valence electrons. The minimum absolute atomic E-state index is 0.111. The van der Waals surface area contributed by atoms with E-state index in [0.29, 0.717) is 11.1 Å². The predicted molar refractivity (Wildman–Crippen MR) is 81.5 cm³/mol. The molecule has 1 amide bonds. The zero-order chi connectivity index (χ0) is 14.8. The third-order valence-electron chi connectivity index (χ3n) is 2.78. The van der Waals surface area contributed by atoms with Crippen molar-refractivity contribution in [2.45, 2.75) is 52.6 Å². The van der Waals surface area contributed by atoms with E-state index in [1.165, 1.54) is 0 Å². The van der Waals surface area contributed by atoms with Gasteiger partial charge < -0.3 is 5.32 Å². The molecule has 1 aromatic rings. The molecule has 0 saturated heterocycles. The van der Waals surface area contributed by atoms with E-state index in [1.807, 2.05) is 20.8 Å². The predicted octanol–water partition coefficient (Wildman–Crippen LogP) is 3.23. The summed E-state index contributed by atoms with van der Waals surface area (Å²) in [6.07, 6.45) is 0. The molecule has 0 radical (unpaired) electrons. The maximum Gasteiger partial charge on any atom is 0.251 e. The van der Waals surface area contributed by atoms with Crippen LogP contribution in [0.25, 0.3) is 0 Å². The second kappa shape index (κ2) is 5.45. The molecule has 0 heterocycles. The summed E-state index contributed by atoms with van der Waals surface area (Å²) in [7, 11) is -1.78. The van der Waals surface area contributed by atoms with Crippen LogP contribution in [0.1, 0.15) is 36.7 Å². The van der Waals surface area contributed by atoms with Gasteiger partial charge in [-0.2, -0.15) is 0 Å². The molecule has 2 nitrogen and oxygen atoms in total. The van der Waals surface area contributed by atoms with Crippen molar-refractivity contribution in [3.05, 3.63) is 29.3 Å². The third kappa shape index (κ3) is 4.16. The van der Waals surface area contributed by atoms with Gasteiger partial charge in [-0.15, -0.1) is 0 Å². The Balaban J connectivity index is 3.32. The molecule has 1 rings (SSSR count). The summed E-state index contributed by atoms with van der Waals surface area (Å²) < 4.78 is 13.2. The maximum absolute atomic E-state index is 13.2. The zero-order valence-electron chi connectivity index (χ0n) is 12.7. The highest BCUT2D eigenvalue weighted by Crippen LogP contribution is 2.14. The second-order valence-corrected chi connectivity index (χ2v) is 11.9. The van der Waals surface area contributed by atoms with Crippen molar-refractivity contribution >= 4 is 19.2 Å². The van der Waals surface area contributed by atoms with Gasteiger partial charge in [0.2, 0.25) is 0 Å². The van der Waals surface area contributed by atoms with Crippen LogP contribution in [0.4, 0.5) is 4.39 Å². The molecule has 1 N–H and O–H groups in total. The van der Waals surface area contributed by atoms with Crippen LogP contribution in [0.3, 0.4) is 0 Å². The SMILES string of the molecule is CC(C)(C)NC(=O)c1cccc(CF)c1[Si](C)(C)C. The number of amides is 1. The van der Waals surface area contributed by atoms with Crippen LogP contribution in [0.2, 0.25) is 19.6 Å². The summed E-state index contributed by atoms with van der Waals surface area (Å²) in [5.41, 5.74) is 0.990. The summed E-state index contributed by atoms with van der Waals surface area (Å²) in [6.45, 7) is 11.7. The zero-order valence-corrected chi connectivity index (χ0v) is 13.7. The molecule has 0 atom stereocenters. The Kier molecular flexibility index (Phi) is 4.56. The van der Waals surface area contributed by atoms with Crippen LogP contribution >= 0.6 is 0 Å². The summed E-state index contributed by atoms with van der Waals surface area (Å²) in [4.78, 5) is 12.4. The Morgan fingerprint density at radius 3 is 2.26 bits per heavy atom. The lowest BCUT2D eigenvalue weighted by Crippen LogP contribution is -2.48. The van der Waals surface area contributed by atoms with Gasteiger partial charge in [-0.05, 0) is 37.6 Å². The number of carbonyl (C=O) groups is 1. The summed E-state index contributed by atoms with van der Waals surface area (Å²) in [5.74, 6) is -0.111. The molecule has 0 aliphatic heterocycles. The highest BCUT2D eigenvalue weighted by atomic mass is 28.3. The largest absolute Gasteiger partial charge is 0.347 e. The smallest absolute Gasteiger partial charge is 0.251 e. The highest BCUT2D eigenvalue weighted by Gasteiger charge is 2.27. The molecule has 0 aliphatic carbocycles. The van der Waals surface area contributed by atoms with E-state index in [-0.39, 0.29) is 11.4 Å². The van der Waals surface area contributed by atoms with Gasteiger partial charge >= 0.3 is 0 Å². The Morgan fingerprint density at radius 1 is 1.26 bits per heavy atom. The topological polar surface area (TPSA) is 29.1 Å². The van der Waals surface area contributed by atoms with Crippen molar-refractivity contribution in [3.8, 4) is 0 Å². The third-order valence-corrected chi connectivity index (χ3v) is 4.87. The Labute approximate surface area is 116 Å². The van der Waals surface area contributed by atoms with Crippen LogP contribution < -0.4 is 10.5 Å². The van der Waals surface area contributed by atoms with Crippen molar-refractivity contribution in [1.29, 1.82) is 0 Å². The Hall–Kier alpha value is -1.16. The molecule has 0 aromatic heterocycles. The Morgan fingerprint density at radius 2 is 1.84 bits per heavy atom. The summed E-state index contributed by atoms with van der Waals surface area (Å²) >= 11 is 0. The quantitative estimate of drug-likeness (QED) is 0.847. The van der Waals surface area contributed by atoms with Gasteiger partial charge in [0.25, 0.3) is 5.91 Å². The first-order chi connectivity index (χ1) is 8.56. The molecule has 1 aromatic carbocycles. The maximum atomic E-state index is 13.2. The normalized spacial score (nSPS) is 12.4. The lowest BCUT2D eigenvalue weighted by Gasteiger charge is -2.26. The van der Waals surface area contributed by atoms with Crippen LogP contribution in [0.15, 0.2) is 18.2 Å². The molecule has 0 aliphatic rings. The van der Waals surface area contributed by atoms with E-state index < -0.39 is 14.7 Å². The molecule has 0 unspecified atom stereocenters. The van der Waals surface area contributed by atoms with E-state index in [0.717, 1.165) is 5.19 Å². The van der Waals surface area contributed by atoms with E-state index in [9.17, 15) is 9.18 Å². The fourth-order valence-electron chi connectivity index (χ4n) is 2.19. The molecular formula is C15H24FNOSi. The minimum Gasteiger partial charge on any atom is -0.347 e. The van der Waals surface area contributed by atoms with E-state index >= 15 is 0 Å². The number of benzene rings is 1. The van der Waals surface area contributed by atoms with Crippen LogP contribution in [0, 0.1) is 0 Å². The molecule has 0 bridgehead atoms. The lowest BCUT2D eigenvalue weighted by molar-refractivity contribution is 0.0920. The molecule has 0 fully saturated rings. The number of nitrogens with one attached hydrogen (secondary N) is 1. The summed E-state index contributed by atoms with van der Waals surface area (Å²) in [6, 6.07) is 5.34. The van der Waals surface area contributed by atoms with Gasteiger partial charge in [0.1, 0.15) is 6.67 Å². The molecule has 19 heavy (non-hydrogen) atoms. The molecule has 0 spiro atoms. The average Bonchev–Trinajstić information content (AvgIpc) is 2.24. The fourth-order valence-corrected chi connectivity index (χ4v) is 4.31.